The summed E-state index contributed by atoms with van der Waals surface area (Å²) in [6.45, 7) is 0. The highest BCUT2D eigenvalue weighted by molar-refractivity contribution is 7.25. The molecule has 0 atom stereocenters. The van der Waals surface area contributed by atoms with Crippen molar-refractivity contribution in [3.63, 3.8) is 0 Å². The highest BCUT2D eigenvalue weighted by atomic mass is 32.1. The summed E-state index contributed by atoms with van der Waals surface area (Å²) in [5.41, 5.74) is 7.64. The van der Waals surface area contributed by atoms with Crippen LogP contribution in [0.1, 0.15) is 0 Å². The Bertz CT molecular complexity index is 2900. The maximum Gasteiger partial charge on any atom is 0.165 e. The van der Waals surface area contributed by atoms with Crippen molar-refractivity contribution in [3.8, 4) is 17.1 Å². The van der Waals surface area contributed by atoms with Crippen LogP contribution in [-0.2, 0) is 0 Å². The van der Waals surface area contributed by atoms with E-state index in [0.717, 1.165) is 71.9 Å². The van der Waals surface area contributed by atoms with Gasteiger partial charge in [-0.1, -0.05) is 78.9 Å². The van der Waals surface area contributed by atoms with Crippen LogP contribution in [0.4, 0.5) is 0 Å². The zero-order valence-electron chi connectivity index (χ0n) is 23.8. The molecule has 0 N–H and O–H groups in total. The third-order valence-electron chi connectivity index (χ3n) is 9.34. The topological polar surface area (TPSA) is 43.9 Å². The van der Waals surface area contributed by atoms with Crippen molar-refractivity contribution in [1.29, 1.82) is 0 Å². The quantitative estimate of drug-likeness (QED) is 0.201. The standard InChI is InChI=1S/C40H21N3OS/c1-4-16-32-24(10-1)36-25(11-7-17-33(36)45-32)39-40(42-27-13-3-2-12-26(27)41-39)43-28-20-18-22-8-5-14-30-34(22)37(28)38-29(43)21-19-23-9-6-15-31(44-30)35(23)38/h1-21H. The summed E-state index contributed by atoms with van der Waals surface area (Å²) in [4.78, 5) is 10.8. The van der Waals surface area contributed by atoms with Crippen molar-refractivity contribution in [3.05, 3.63) is 127 Å². The Balaban J connectivity index is 1.38. The van der Waals surface area contributed by atoms with Crippen LogP contribution in [0.25, 0.3) is 103 Å². The van der Waals surface area contributed by atoms with E-state index in [2.05, 4.69) is 120 Å². The second-order valence-corrected chi connectivity index (χ2v) is 12.8. The highest BCUT2D eigenvalue weighted by Crippen LogP contribution is 2.46. The number of fused-ring (bicyclic) bond motifs is 4. The first-order valence-corrected chi connectivity index (χ1v) is 15.9. The van der Waals surface area contributed by atoms with Crippen molar-refractivity contribution >= 4 is 97.1 Å². The monoisotopic (exact) mass is 591 g/mol. The second-order valence-electron chi connectivity index (χ2n) is 11.7. The minimum atomic E-state index is 0.826. The molecule has 11 aromatic rings. The molecule has 0 bridgehead atoms. The Labute approximate surface area is 259 Å². The summed E-state index contributed by atoms with van der Waals surface area (Å²) in [5.74, 6) is 0.826. The molecule has 4 nitrogen and oxygen atoms in total. The van der Waals surface area contributed by atoms with Gasteiger partial charge in [-0.25, -0.2) is 9.97 Å². The molecule has 4 aromatic heterocycles. The lowest BCUT2D eigenvalue weighted by Gasteiger charge is -2.15. The Morgan fingerprint density at radius 2 is 1.11 bits per heavy atom. The Morgan fingerprint density at radius 1 is 0.489 bits per heavy atom. The number of hydrogen-bond acceptors (Lipinski definition) is 4. The summed E-state index contributed by atoms with van der Waals surface area (Å²) in [5, 5.41) is 9.41. The lowest BCUT2D eigenvalue weighted by molar-refractivity contribution is 0.664. The molecule has 0 saturated carbocycles. The molecule has 11 rings (SSSR count). The van der Waals surface area contributed by atoms with E-state index >= 15 is 0 Å². The predicted molar refractivity (Wildman–Crippen MR) is 188 cm³/mol. The number of hydrogen-bond donors (Lipinski definition) is 0. The minimum Gasteiger partial charge on any atom is -0.456 e. The van der Waals surface area contributed by atoms with Gasteiger partial charge in [0.2, 0.25) is 0 Å². The van der Waals surface area contributed by atoms with Crippen LogP contribution < -0.4 is 0 Å². The van der Waals surface area contributed by atoms with E-state index in [1.54, 1.807) is 0 Å². The summed E-state index contributed by atoms with van der Waals surface area (Å²) in [7, 11) is 0. The number of thiophene rings is 1. The Hall–Kier alpha value is -5.78. The van der Waals surface area contributed by atoms with Crippen LogP contribution in [0.2, 0.25) is 0 Å². The molecule has 208 valence electrons. The van der Waals surface area contributed by atoms with Gasteiger partial charge in [0.25, 0.3) is 0 Å². The fourth-order valence-electron chi connectivity index (χ4n) is 7.49. The zero-order valence-corrected chi connectivity index (χ0v) is 24.6. The summed E-state index contributed by atoms with van der Waals surface area (Å²) in [6, 6.07) is 45.0. The molecule has 5 heteroatoms. The summed E-state index contributed by atoms with van der Waals surface area (Å²) in [6.07, 6.45) is 0. The molecule has 0 saturated heterocycles. The Morgan fingerprint density at radius 3 is 1.84 bits per heavy atom. The molecule has 0 unspecified atom stereocenters. The van der Waals surface area contributed by atoms with Gasteiger partial charge in [0.15, 0.2) is 5.82 Å². The average Bonchev–Trinajstić information content (AvgIpc) is 3.59. The van der Waals surface area contributed by atoms with Crippen LogP contribution in [-0.4, -0.2) is 14.5 Å². The largest absolute Gasteiger partial charge is 0.456 e. The smallest absolute Gasteiger partial charge is 0.165 e. The molecule has 0 radical (unpaired) electrons. The van der Waals surface area contributed by atoms with Crippen molar-refractivity contribution in [1.82, 2.24) is 14.5 Å². The summed E-state index contributed by atoms with van der Waals surface area (Å²) < 4.78 is 11.5. The van der Waals surface area contributed by atoms with Crippen molar-refractivity contribution in [2.24, 2.45) is 0 Å². The van der Waals surface area contributed by atoms with E-state index in [-0.39, 0.29) is 0 Å². The molecular formula is C40H21N3OS. The van der Waals surface area contributed by atoms with Crippen molar-refractivity contribution in [2.45, 2.75) is 0 Å². The average molecular weight is 592 g/mol. The normalized spacial score (nSPS) is 12.4. The number of rotatable bonds is 2. The molecule has 0 fully saturated rings. The van der Waals surface area contributed by atoms with Gasteiger partial charge in [-0.2, -0.15) is 0 Å². The SMILES string of the molecule is c1ccc2nc(-n3c4ccc5cccc6oc7cccc8ccc3c(c87)c4c56)c(-c3cccc4sc5ccccc5c34)nc2c1. The molecule has 0 amide bonds. The lowest BCUT2D eigenvalue weighted by Crippen LogP contribution is -2.04. The molecule has 45 heavy (non-hydrogen) atoms. The first-order valence-electron chi connectivity index (χ1n) is 15.1. The molecule has 0 aliphatic rings. The van der Waals surface area contributed by atoms with Gasteiger partial charge in [-0.05, 0) is 59.3 Å². The number of para-hydroxylation sites is 2. The van der Waals surface area contributed by atoms with Crippen molar-refractivity contribution in [2.75, 3.05) is 0 Å². The predicted octanol–water partition coefficient (Wildman–Crippen LogP) is 11.3. The van der Waals surface area contributed by atoms with Gasteiger partial charge in [0.05, 0.1) is 22.1 Å². The fourth-order valence-corrected chi connectivity index (χ4v) is 8.63. The highest BCUT2D eigenvalue weighted by Gasteiger charge is 2.25. The Kier molecular flexibility index (Phi) is 4.43. The van der Waals surface area contributed by atoms with Gasteiger partial charge in [-0.15, -0.1) is 11.3 Å². The molecule has 0 spiro atoms. The first kappa shape index (κ1) is 23.6. The third kappa shape index (κ3) is 3.05. The van der Waals surface area contributed by atoms with Gasteiger partial charge in [0, 0.05) is 47.3 Å². The van der Waals surface area contributed by atoms with Crippen LogP contribution >= 0.6 is 11.3 Å². The van der Waals surface area contributed by atoms with E-state index < -0.39 is 0 Å². The van der Waals surface area contributed by atoms with E-state index in [0.29, 0.717) is 0 Å². The van der Waals surface area contributed by atoms with Crippen LogP contribution in [0.15, 0.2) is 132 Å². The maximum absolute atomic E-state index is 6.66. The van der Waals surface area contributed by atoms with E-state index in [1.807, 2.05) is 23.5 Å². The minimum absolute atomic E-state index is 0.826. The fraction of sp³-hybridized carbons (Fsp3) is 0. The first-order chi connectivity index (χ1) is 22.3. The zero-order chi connectivity index (χ0) is 29.2. The third-order valence-corrected chi connectivity index (χ3v) is 10.5. The van der Waals surface area contributed by atoms with Crippen LogP contribution in [0.5, 0.6) is 0 Å². The molecule has 4 heterocycles. The van der Waals surface area contributed by atoms with Gasteiger partial charge < -0.3 is 4.42 Å². The molecule has 7 aromatic carbocycles. The molecular weight excluding hydrogens is 571 g/mol. The molecule has 0 aliphatic carbocycles. The van der Waals surface area contributed by atoms with E-state index in [1.165, 1.54) is 30.9 Å². The molecule has 0 aliphatic heterocycles. The number of benzene rings is 7. The van der Waals surface area contributed by atoms with Crippen LogP contribution in [0.3, 0.4) is 0 Å². The van der Waals surface area contributed by atoms with Gasteiger partial charge in [-0.3, -0.25) is 4.57 Å². The lowest BCUT2D eigenvalue weighted by atomic mass is 10.00. The number of nitrogens with zero attached hydrogens (tertiary/aromatic N) is 3. The van der Waals surface area contributed by atoms with Crippen LogP contribution in [0, 0.1) is 0 Å². The maximum atomic E-state index is 6.66. The van der Waals surface area contributed by atoms with Gasteiger partial charge in [0.1, 0.15) is 16.9 Å². The van der Waals surface area contributed by atoms with Crippen molar-refractivity contribution < 1.29 is 4.42 Å². The summed E-state index contributed by atoms with van der Waals surface area (Å²) >= 11 is 1.82. The second kappa shape index (κ2) is 8.44. The van der Waals surface area contributed by atoms with Gasteiger partial charge >= 0.3 is 0 Å². The van der Waals surface area contributed by atoms with E-state index in [4.69, 9.17) is 14.4 Å². The number of aromatic nitrogens is 3. The van der Waals surface area contributed by atoms with E-state index in [9.17, 15) is 0 Å².